The van der Waals surface area contributed by atoms with Crippen LogP contribution in [0.25, 0.3) is 10.6 Å². The van der Waals surface area contributed by atoms with Crippen LogP contribution in [0.4, 0.5) is 0 Å². The SMILES string of the molecule is CCNC(=O)c1csc(-c2ccc(OCc3cccc(Cl)c3)c(OC)c2)n1. The molecule has 0 radical (unpaired) electrons. The first-order valence-electron chi connectivity index (χ1n) is 8.40. The van der Waals surface area contributed by atoms with Gasteiger partial charge in [0.05, 0.1) is 7.11 Å². The smallest absolute Gasteiger partial charge is 0.270 e. The van der Waals surface area contributed by atoms with E-state index in [1.54, 1.807) is 12.5 Å². The van der Waals surface area contributed by atoms with Gasteiger partial charge in [0.2, 0.25) is 0 Å². The summed E-state index contributed by atoms with van der Waals surface area (Å²) in [5.41, 5.74) is 2.25. The minimum absolute atomic E-state index is 0.173. The Labute approximate surface area is 166 Å². The van der Waals surface area contributed by atoms with E-state index in [-0.39, 0.29) is 5.91 Å². The minimum atomic E-state index is -0.173. The lowest BCUT2D eigenvalue weighted by molar-refractivity contribution is 0.0951. The molecule has 2 aromatic carbocycles. The number of nitrogens with one attached hydrogen (secondary N) is 1. The van der Waals surface area contributed by atoms with Crippen LogP contribution in [0.3, 0.4) is 0 Å². The van der Waals surface area contributed by atoms with Crippen molar-refractivity contribution in [2.75, 3.05) is 13.7 Å². The lowest BCUT2D eigenvalue weighted by atomic mass is 10.2. The summed E-state index contributed by atoms with van der Waals surface area (Å²) in [4.78, 5) is 16.3. The number of hydrogen-bond donors (Lipinski definition) is 1. The molecule has 0 aliphatic rings. The number of carbonyl (C=O) groups is 1. The Morgan fingerprint density at radius 2 is 2.07 bits per heavy atom. The van der Waals surface area contributed by atoms with Crippen LogP contribution < -0.4 is 14.8 Å². The number of nitrogens with zero attached hydrogens (tertiary/aromatic N) is 1. The highest BCUT2D eigenvalue weighted by molar-refractivity contribution is 7.13. The summed E-state index contributed by atoms with van der Waals surface area (Å²) in [6.45, 7) is 2.82. The zero-order valence-corrected chi connectivity index (χ0v) is 16.6. The quantitative estimate of drug-likeness (QED) is 0.616. The predicted molar refractivity (Wildman–Crippen MR) is 108 cm³/mol. The van der Waals surface area contributed by atoms with Crippen molar-refractivity contribution in [3.8, 4) is 22.1 Å². The highest BCUT2D eigenvalue weighted by Crippen LogP contribution is 2.34. The number of hydrogen-bond acceptors (Lipinski definition) is 5. The van der Waals surface area contributed by atoms with E-state index in [1.165, 1.54) is 11.3 Å². The van der Waals surface area contributed by atoms with Gasteiger partial charge in [0.25, 0.3) is 5.91 Å². The van der Waals surface area contributed by atoms with Crippen LogP contribution in [0.15, 0.2) is 47.8 Å². The molecule has 1 amide bonds. The number of ether oxygens (including phenoxy) is 2. The van der Waals surface area contributed by atoms with Gasteiger partial charge in [-0.25, -0.2) is 4.98 Å². The highest BCUT2D eigenvalue weighted by Gasteiger charge is 2.13. The van der Waals surface area contributed by atoms with Crippen molar-refractivity contribution in [2.24, 2.45) is 0 Å². The topological polar surface area (TPSA) is 60.5 Å². The van der Waals surface area contributed by atoms with E-state index in [2.05, 4.69) is 10.3 Å². The monoisotopic (exact) mass is 402 g/mol. The molecular weight excluding hydrogens is 384 g/mol. The molecule has 0 atom stereocenters. The normalized spacial score (nSPS) is 10.5. The van der Waals surface area contributed by atoms with Gasteiger partial charge in [0.15, 0.2) is 11.5 Å². The molecule has 0 aliphatic heterocycles. The molecular formula is C20H19ClN2O3S. The van der Waals surface area contributed by atoms with Crippen molar-refractivity contribution in [3.05, 3.63) is 64.1 Å². The number of thiazole rings is 1. The Morgan fingerprint density at radius 1 is 1.22 bits per heavy atom. The molecule has 0 spiro atoms. The fourth-order valence-corrected chi connectivity index (χ4v) is 3.48. The second kappa shape index (κ2) is 8.88. The second-order valence-corrected chi connectivity index (χ2v) is 6.98. The number of halogens is 1. The molecule has 0 unspecified atom stereocenters. The van der Waals surface area contributed by atoms with Crippen molar-refractivity contribution in [1.82, 2.24) is 10.3 Å². The molecule has 0 saturated heterocycles. The molecule has 3 rings (SSSR count). The van der Waals surface area contributed by atoms with Crippen LogP contribution in [-0.2, 0) is 6.61 Å². The van der Waals surface area contributed by atoms with Crippen LogP contribution in [0, 0.1) is 0 Å². The lowest BCUT2D eigenvalue weighted by Crippen LogP contribution is -2.22. The Morgan fingerprint density at radius 3 is 2.81 bits per heavy atom. The minimum Gasteiger partial charge on any atom is -0.493 e. The maximum Gasteiger partial charge on any atom is 0.270 e. The van der Waals surface area contributed by atoms with Crippen LogP contribution in [0.2, 0.25) is 5.02 Å². The summed E-state index contributed by atoms with van der Waals surface area (Å²) >= 11 is 7.41. The van der Waals surface area contributed by atoms with Crippen molar-refractivity contribution in [3.63, 3.8) is 0 Å². The Kier molecular flexibility index (Phi) is 6.32. The standard InChI is InChI=1S/C20H19ClN2O3S/c1-3-22-19(24)16-12-27-20(23-16)14-7-8-17(18(10-14)25-2)26-11-13-5-4-6-15(21)9-13/h4-10,12H,3,11H2,1-2H3,(H,22,24). The molecule has 7 heteroatoms. The summed E-state index contributed by atoms with van der Waals surface area (Å²) in [5.74, 6) is 1.06. The molecule has 27 heavy (non-hydrogen) atoms. The van der Waals surface area contributed by atoms with Gasteiger partial charge in [-0.15, -0.1) is 11.3 Å². The van der Waals surface area contributed by atoms with E-state index in [1.807, 2.05) is 49.4 Å². The average Bonchev–Trinajstić information content (AvgIpc) is 3.17. The van der Waals surface area contributed by atoms with E-state index in [0.29, 0.717) is 35.4 Å². The molecule has 1 N–H and O–H groups in total. The second-order valence-electron chi connectivity index (χ2n) is 5.68. The summed E-state index contributed by atoms with van der Waals surface area (Å²) in [5, 5.41) is 5.91. The van der Waals surface area contributed by atoms with Gasteiger partial charge in [-0.3, -0.25) is 4.79 Å². The van der Waals surface area contributed by atoms with E-state index in [0.717, 1.165) is 16.1 Å². The lowest BCUT2D eigenvalue weighted by Gasteiger charge is -2.12. The number of rotatable bonds is 7. The molecule has 0 saturated carbocycles. The maximum absolute atomic E-state index is 11.9. The largest absolute Gasteiger partial charge is 0.493 e. The van der Waals surface area contributed by atoms with Gasteiger partial charge in [-0.2, -0.15) is 0 Å². The third kappa shape index (κ3) is 4.78. The molecule has 1 heterocycles. The number of methoxy groups -OCH3 is 1. The molecule has 5 nitrogen and oxygen atoms in total. The Bertz CT molecular complexity index is 942. The molecule has 3 aromatic rings. The van der Waals surface area contributed by atoms with Crippen LogP contribution in [0.1, 0.15) is 23.0 Å². The van der Waals surface area contributed by atoms with Crippen molar-refractivity contribution < 1.29 is 14.3 Å². The summed E-state index contributed by atoms with van der Waals surface area (Å²) in [6, 6.07) is 13.1. The third-order valence-electron chi connectivity index (χ3n) is 3.77. The van der Waals surface area contributed by atoms with E-state index in [9.17, 15) is 4.79 Å². The van der Waals surface area contributed by atoms with E-state index < -0.39 is 0 Å². The first-order valence-corrected chi connectivity index (χ1v) is 9.66. The fraction of sp³-hybridized carbons (Fsp3) is 0.200. The Balaban J connectivity index is 1.77. The van der Waals surface area contributed by atoms with Gasteiger partial charge in [-0.05, 0) is 42.8 Å². The molecule has 0 bridgehead atoms. The number of benzene rings is 2. The van der Waals surface area contributed by atoms with Crippen LogP contribution >= 0.6 is 22.9 Å². The number of carbonyl (C=O) groups excluding carboxylic acids is 1. The van der Waals surface area contributed by atoms with E-state index in [4.69, 9.17) is 21.1 Å². The predicted octanol–water partition coefficient (Wildman–Crippen LogP) is 4.80. The molecule has 0 fully saturated rings. The fourth-order valence-electron chi connectivity index (χ4n) is 2.47. The van der Waals surface area contributed by atoms with E-state index >= 15 is 0 Å². The van der Waals surface area contributed by atoms with Crippen LogP contribution in [0.5, 0.6) is 11.5 Å². The van der Waals surface area contributed by atoms with Gasteiger partial charge in [-0.1, -0.05) is 23.7 Å². The first-order chi connectivity index (χ1) is 13.1. The van der Waals surface area contributed by atoms with Gasteiger partial charge >= 0.3 is 0 Å². The molecule has 0 aliphatic carbocycles. The third-order valence-corrected chi connectivity index (χ3v) is 4.89. The van der Waals surface area contributed by atoms with Crippen molar-refractivity contribution in [2.45, 2.75) is 13.5 Å². The van der Waals surface area contributed by atoms with Gasteiger partial charge in [0.1, 0.15) is 17.3 Å². The number of amides is 1. The first kappa shape index (κ1) is 19.2. The zero-order chi connectivity index (χ0) is 19.2. The zero-order valence-electron chi connectivity index (χ0n) is 15.0. The van der Waals surface area contributed by atoms with Crippen molar-refractivity contribution >= 4 is 28.8 Å². The summed E-state index contributed by atoms with van der Waals surface area (Å²) in [7, 11) is 1.59. The maximum atomic E-state index is 11.9. The molecule has 140 valence electrons. The van der Waals surface area contributed by atoms with Crippen LogP contribution in [-0.4, -0.2) is 24.5 Å². The van der Waals surface area contributed by atoms with Gasteiger partial charge in [0, 0.05) is 22.5 Å². The number of aromatic nitrogens is 1. The summed E-state index contributed by atoms with van der Waals surface area (Å²) < 4.78 is 11.3. The summed E-state index contributed by atoms with van der Waals surface area (Å²) in [6.07, 6.45) is 0. The van der Waals surface area contributed by atoms with Crippen molar-refractivity contribution in [1.29, 1.82) is 0 Å². The Hall–Kier alpha value is -2.57. The van der Waals surface area contributed by atoms with Gasteiger partial charge < -0.3 is 14.8 Å². The highest BCUT2D eigenvalue weighted by atomic mass is 35.5. The average molecular weight is 403 g/mol. The molecule has 1 aromatic heterocycles.